The summed E-state index contributed by atoms with van der Waals surface area (Å²) < 4.78 is 0. The SMILES string of the molecule is Cl.O=C(Cl)C1(c2ccccc2)CCNCC1. The minimum absolute atomic E-state index is 0. The van der Waals surface area contributed by atoms with Gasteiger partial charge in [-0.2, -0.15) is 0 Å². The molecule has 1 aromatic rings. The molecule has 1 saturated heterocycles. The van der Waals surface area contributed by atoms with E-state index in [1.165, 1.54) is 0 Å². The summed E-state index contributed by atoms with van der Waals surface area (Å²) in [5.41, 5.74) is 0.583. The zero-order chi connectivity index (χ0) is 10.7. The number of piperidine rings is 1. The van der Waals surface area contributed by atoms with Gasteiger partial charge in [-0.15, -0.1) is 12.4 Å². The molecule has 0 aromatic heterocycles. The first-order valence-electron chi connectivity index (χ1n) is 5.22. The van der Waals surface area contributed by atoms with Gasteiger partial charge in [-0.25, -0.2) is 0 Å². The molecule has 1 aliphatic rings. The summed E-state index contributed by atoms with van der Waals surface area (Å²) in [5, 5.41) is 3.03. The molecule has 0 aliphatic carbocycles. The fourth-order valence-corrected chi connectivity index (χ4v) is 2.51. The average Bonchev–Trinajstić information content (AvgIpc) is 2.31. The van der Waals surface area contributed by atoms with Gasteiger partial charge in [-0.3, -0.25) is 4.79 Å². The van der Waals surface area contributed by atoms with E-state index >= 15 is 0 Å². The third-order valence-corrected chi connectivity index (χ3v) is 3.52. The summed E-state index contributed by atoms with van der Waals surface area (Å²) in [6.07, 6.45) is 1.58. The highest BCUT2D eigenvalue weighted by atomic mass is 35.5. The van der Waals surface area contributed by atoms with Crippen LogP contribution in [0.15, 0.2) is 30.3 Å². The van der Waals surface area contributed by atoms with Crippen LogP contribution in [0.25, 0.3) is 0 Å². The van der Waals surface area contributed by atoms with Gasteiger partial charge >= 0.3 is 0 Å². The van der Waals surface area contributed by atoms with E-state index in [9.17, 15) is 4.79 Å². The molecule has 0 atom stereocenters. The van der Waals surface area contributed by atoms with Crippen molar-refractivity contribution >= 4 is 29.3 Å². The number of benzene rings is 1. The number of hydrogen-bond acceptors (Lipinski definition) is 2. The van der Waals surface area contributed by atoms with Gasteiger partial charge in [0.2, 0.25) is 5.24 Å². The van der Waals surface area contributed by atoms with E-state index in [-0.39, 0.29) is 17.6 Å². The lowest BCUT2D eigenvalue weighted by atomic mass is 9.74. The highest BCUT2D eigenvalue weighted by molar-refractivity contribution is 6.65. The van der Waals surface area contributed by atoms with Gasteiger partial charge in [-0.1, -0.05) is 30.3 Å². The van der Waals surface area contributed by atoms with Crippen LogP contribution in [0.3, 0.4) is 0 Å². The molecular weight excluding hydrogens is 245 g/mol. The Morgan fingerprint density at radius 2 is 1.75 bits per heavy atom. The molecule has 1 aromatic carbocycles. The van der Waals surface area contributed by atoms with Gasteiger partial charge in [0.25, 0.3) is 0 Å². The van der Waals surface area contributed by atoms with E-state index < -0.39 is 5.41 Å². The number of rotatable bonds is 2. The van der Waals surface area contributed by atoms with Crippen molar-refractivity contribution in [3.05, 3.63) is 35.9 Å². The predicted octanol–water partition coefficient (Wildman–Crippen LogP) is 2.50. The molecule has 0 saturated carbocycles. The minimum atomic E-state index is -0.464. The number of hydrogen-bond donors (Lipinski definition) is 1. The molecule has 16 heavy (non-hydrogen) atoms. The van der Waals surface area contributed by atoms with E-state index in [1.54, 1.807) is 0 Å². The maximum Gasteiger partial charge on any atom is 0.232 e. The topological polar surface area (TPSA) is 29.1 Å². The Morgan fingerprint density at radius 3 is 2.25 bits per heavy atom. The molecule has 4 heteroatoms. The molecule has 0 bridgehead atoms. The first kappa shape index (κ1) is 13.5. The molecule has 1 N–H and O–H groups in total. The van der Waals surface area contributed by atoms with Gasteiger partial charge in [0.15, 0.2) is 0 Å². The van der Waals surface area contributed by atoms with Crippen molar-refractivity contribution in [3.63, 3.8) is 0 Å². The third kappa shape index (κ3) is 2.40. The molecular formula is C12H15Cl2NO. The van der Waals surface area contributed by atoms with Crippen molar-refractivity contribution in [2.24, 2.45) is 0 Å². The summed E-state index contributed by atoms with van der Waals surface area (Å²) in [6, 6.07) is 9.85. The standard InChI is InChI=1S/C12H14ClNO.ClH/c13-11(15)12(6-8-14-9-7-12)10-4-2-1-3-5-10;/h1-5,14H,6-9H2;1H. The Balaban J connectivity index is 0.00000128. The smallest absolute Gasteiger partial charge is 0.232 e. The zero-order valence-electron chi connectivity index (χ0n) is 8.91. The second kappa shape index (κ2) is 5.67. The number of carbonyl (C=O) groups is 1. The number of carbonyl (C=O) groups excluding carboxylic acids is 1. The summed E-state index contributed by atoms with van der Waals surface area (Å²) in [7, 11) is 0. The molecule has 1 aliphatic heterocycles. The van der Waals surface area contributed by atoms with Gasteiger partial charge in [0, 0.05) is 0 Å². The Labute approximate surface area is 107 Å². The highest BCUT2D eigenvalue weighted by Crippen LogP contribution is 2.35. The van der Waals surface area contributed by atoms with Gasteiger partial charge in [0.05, 0.1) is 5.41 Å². The highest BCUT2D eigenvalue weighted by Gasteiger charge is 2.39. The molecule has 88 valence electrons. The average molecular weight is 260 g/mol. The lowest BCUT2D eigenvalue weighted by Gasteiger charge is -2.34. The Hall–Kier alpha value is -0.570. The first-order valence-corrected chi connectivity index (χ1v) is 5.60. The first-order chi connectivity index (χ1) is 7.26. The van der Waals surface area contributed by atoms with E-state index in [4.69, 9.17) is 11.6 Å². The Bertz CT molecular complexity index is 347. The summed E-state index contributed by atoms with van der Waals surface area (Å²) in [5.74, 6) is 0. The van der Waals surface area contributed by atoms with Crippen LogP contribution in [0, 0.1) is 0 Å². The fraction of sp³-hybridized carbons (Fsp3) is 0.417. The Kier molecular flexibility index (Phi) is 4.78. The van der Waals surface area contributed by atoms with E-state index in [0.717, 1.165) is 31.5 Å². The summed E-state index contributed by atoms with van der Waals surface area (Å²) >= 11 is 5.78. The van der Waals surface area contributed by atoms with Crippen LogP contribution in [-0.2, 0) is 10.2 Å². The molecule has 2 nitrogen and oxygen atoms in total. The monoisotopic (exact) mass is 259 g/mol. The molecule has 1 heterocycles. The van der Waals surface area contributed by atoms with Crippen LogP contribution in [0.5, 0.6) is 0 Å². The maximum absolute atomic E-state index is 11.7. The van der Waals surface area contributed by atoms with E-state index in [2.05, 4.69) is 5.32 Å². The fourth-order valence-electron chi connectivity index (χ4n) is 2.21. The number of nitrogens with one attached hydrogen (secondary N) is 1. The molecule has 0 radical (unpaired) electrons. The largest absolute Gasteiger partial charge is 0.317 e. The quantitative estimate of drug-likeness (QED) is 0.828. The molecule has 0 amide bonds. The van der Waals surface area contributed by atoms with Crippen molar-refractivity contribution < 1.29 is 4.79 Å². The summed E-state index contributed by atoms with van der Waals surface area (Å²) in [4.78, 5) is 11.7. The van der Waals surface area contributed by atoms with Crippen LogP contribution >= 0.6 is 24.0 Å². The van der Waals surface area contributed by atoms with E-state index in [0.29, 0.717) is 0 Å². The second-order valence-corrected chi connectivity index (χ2v) is 4.32. The molecule has 0 unspecified atom stereocenters. The van der Waals surface area contributed by atoms with E-state index in [1.807, 2.05) is 30.3 Å². The second-order valence-electron chi connectivity index (χ2n) is 3.97. The van der Waals surface area contributed by atoms with Gasteiger partial charge < -0.3 is 5.32 Å². The van der Waals surface area contributed by atoms with Crippen molar-refractivity contribution in [1.82, 2.24) is 5.32 Å². The normalized spacial score (nSPS) is 18.6. The van der Waals surface area contributed by atoms with Gasteiger partial charge in [0.1, 0.15) is 0 Å². The molecule has 0 spiro atoms. The third-order valence-electron chi connectivity index (χ3n) is 3.16. The lowest BCUT2D eigenvalue weighted by Crippen LogP contribution is -2.43. The maximum atomic E-state index is 11.7. The zero-order valence-corrected chi connectivity index (χ0v) is 10.5. The molecule has 1 fully saturated rings. The summed E-state index contributed by atoms with van der Waals surface area (Å²) in [6.45, 7) is 1.71. The van der Waals surface area contributed by atoms with Crippen molar-refractivity contribution in [1.29, 1.82) is 0 Å². The Morgan fingerprint density at radius 1 is 1.19 bits per heavy atom. The minimum Gasteiger partial charge on any atom is -0.317 e. The van der Waals surface area contributed by atoms with Crippen LogP contribution in [0.4, 0.5) is 0 Å². The van der Waals surface area contributed by atoms with Crippen LogP contribution < -0.4 is 5.32 Å². The van der Waals surface area contributed by atoms with Crippen molar-refractivity contribution in [3.8, 4) is 0 Å². The van der Waals surface area contributed by atoms with Crippen molar-refractivity contribution in [2.45, 2.75) is 18.3 Å². The van der Waals surface area contributed by atoms with Crippen LogP contribution in [0.1, 0.15) is 18.4 Å². The van der Waals surface area contributed by atoms with Crippen LogP contribution in [-0.4, -0.2) is 18.3 Å². The predicted molar refractivity (Wildman–Crippen MR) is 68.3 cm³/mol. The number of halogens is 2. The van der Waals surface area contributed by atoms with Crippen LogP contribution in [0.2, 0.25) is 0 Å². The van der Waals surface area contributed by atoms with Crippen molar-refractivity contribution in [2.75, 3.05) is 13.1 Å². The van der Waals surface area contributed by atoms with Gasteiger partial charge in [-0.05, 0) is 43.1 Å². The lowest BCUT2D eigenvalue weighted by molar-refractivity contribution is -0.117. The molecule has 2 rings (SSSR count).